The number of thiophene rings is 2. The third-order valence-corrected chi connectivity index (χ3v) is 14.8. The topological polar surface area (TPSA) is 11.4 Å². The molecule has 13 rings (SSSR count). The second-order valence-electron chi connectivity index (χ2n) is 16.2. The van der Waals surface area contributed by atoms with E-state index in [9.17, 15) is 0 Å². The monoisotopic (exact) mass is 839 g/mol. The Morgan fingerprint density at radius 3 is 1.33 bits per heavy atom. The molecular formula is C58H37N3S2. The Morgan fingerprint density at radius 2 is 0.730 bits per heavy atom. The van der Waals surface area contributed by atoms with Crippen molar-refractivity contribution >= 4 is 130 Å². The molecule has 13 aromatic rings. The van der Waals surface area contributed by atoms with Crippen LogP contribution in [-0.2, 0) is 0 Å². The van der Waals surface area contributed by atoms with E-state index in [1.54, 1.807) is 0 Å². The fraction of sp³-hybridized carbons (Fsp3) is 0. The summed E-state index contributed by atoms with van der Waals surface area (Å²) in [6.07, 6.45) is 0. The molecule has 0 aliphatic heterocycles. The summed E-state index contributed by atoms with van der Waals surface area (Å²) in [5.41, 5.74) is 10.2. The Labute approximate surface area is 372 Å². The van der Waals surface area contributed by atoms with E-state index < -0.39 is 0 Å². The molecule has 3 aromatic heterocycles. The minimum atomic E-state index is 1.10. The molecule has 0 aliphatic rings. The number of nitrogens with zero attached hydrogens (tertiary/aromatic N) is 3. The summed E-state index contributed by atoms with van der Waals surface area (Å²) in [7, 11) is 0. The van der Waals surface area contributed by atoms with E-state index >= 15 is 0 Å². The third-order valence-electron chi connectivity index (χ3n) is 12.5. The largest absolute Gasteiger partial charge is 0.310 e. The summed E-state index contributed by atoms with van der Waals surface area (Å²) in [4.78, 5) is 4.79. The molecule has 0 unspecified atom stereocenters. The molecule has 0 aliphatic carbocycles. The molecule has 10 aromatic carbocycles. The van der Waals surface area contributed by atoms with Gasteiger partial charge in [0, 0.05) is 90.9 Å². The summed E-state index contributed by atoms with van der Waals surface area (Å²) >= 11 is 3.71. The van der Waals surface area contributed by atoms with Crippen LogP contribution in [0.4, 0.5) is 34.1 Å². The van der Waals surface area contributed by atoms with Gasteiger partial charge < -0.3 is 14.4 Å². The van der Waals surface area contributed by atoms with E-state index in [-0.39, 0.29) is 0 Å². The van der Waals surface area contributed by atoms with Gasteiger partial charge in [0.15, 0.2) is 0 Å². The molecule has 3 nitrogen and oxygen atoms in total. The van der Waals surface area contributed by atoms with Gasteiger partial charge in [-0.3, -0.25) is 0 Å². The summed E-state index contributed by atoms with van der Waals surface area (Å²) in [5, 5.41) is 10.0. The van der Waals surface area contributed by atoms with Crippen molar-refractivity contribution in [3.63, 3.8) is 0 Å². The third kappa shape index (κ3) is 5.93. The maximum absolute atomic E-state index is 2.45. The lowest BCUT2D eigenvalue weighted by molar-refractivity contribution is 1.18. The highest BCUT2D eigenvalue weighted by Crippen LogP contribution is 2.45. The van der Waals surface area contributed by atoms with Crippen molar-refractivity contribution in [1.29, 1.82) is 0 Å². The van der Waals surface area contributed by atoms with Gasteiger partial charge in [0.25, 0.3) is 0 Å². The van der Waals surface area contributed by atoms with Gasteiger partial charge in [0.05, 0.1) is 11.0 Å². The lowest BCUT2D eigenvalue weighted by Crippen LogP contribution is -2.10. The van der Waals surface area contributed by atoms with Crippen molar-refractivity contribution in [1.82, 2.24) is 4.57 Å². The van der Waals surface area contributed by atoms with Crippen molar-refractivity contribution in [2.75, 3.05) is 9.80 Å². The molecule has 3 heterocycles. The van der Waals surface area contributed by atoms with Gasteiger partial charge >= 0.3 is 0 Å². The molecule has 0 N–H and O–H groups in total. The Bertz CT molecular complexity index is 3870. The normalized spacial score (nSPS) is 11.8. The number of rotatable bonds is 7. The molecule has 0 amide bonds. The van der Waals surface area contributed by atoms with Gasteiger partial charge in [-0.05, 0) is 132 Å². The first-order valence-electron chi connectivity index (χ1n) is 21.3. The first-order chi connectivity index (χ1) is 31.2. The van der Waals surface area contributed by atoms with Crippen LogP contribution in [0, 0.1) is 0 Å². The predicted molar refractivity (Wildman–Crippen MR) is 273 cm³/mol. The van der Waals surface area contributed by atoms with Crippen LogP contribution in [0.15, 0.2) is 224 Å². The summed E-state index contributed by atoms with van der Waals surface area (Å²) < 4.78 is 7.67. The van der Waals surface area contributed by atoms with E-state index in [4.69, 9.17) is 0 Å². The van der Waals surface area contributed by atoms with Crippen LogP contribution >= 0.6 is 22.7 Å². The second kappa shape index (κ2) is 14.5. The number of benzene rings is 10. The van der Waals surface area contributed by atoms with E-state index in [0.717, 1.165) is 45.3 Å². The number of hydrogen-bond donors (Lipinski definition) is 0. The average molecular weight is 840 g/mol. The smallest absolute Gasteiger partial charge is 0.0561 e. The Hall–Kier alpha value is -7.70. The van der Waals surface area contributed by atoms with Crippen molar-refractivity contribution in [3.05, 3.63) is 224 Å². The molecule has 296 valence electrons. The quantitative estimate of drug-likeness (QED) is 0.158. The van der Waals surface area contributed by atoms with Crippen molar-refractivity contribution in [2.24, 2.45) is 0 Å². The molecule has 0 fully saturated rings. The van der Waals surface area contributed by atoms with E-state index in [1.165, 1.54) is 67.4 Å². The molecule has 0 saturated heterocycles. The van der Waals surface area contributed by atoms with Gasteiger partial charge in [-0.25, -0.2) is 0 Å². The molecule has 63 heavy (non-hydrogen) atoms. The first kappa shape index (κ1) is 36.0. The summed E-state index contributed by atoms with van der Waals surface area (Å²) in [6.45, 7) is 0. The highest BCUT2D eigenvalue weighted by molar-refractivity contribution is 7.26. The highest BCUT2D eigenvalue weighted by atomic mass is 32.1. The molecule has 0 bridgehead atoms. The van der Waals surface area contributed by atoms with Crippen LogP contribution in [0.1, 0.15) is 0 Å². The maximum Gasteiger partial charge on any atom is 0.0561 e. The van der Waals surface area contributed by atoms with E-state index in [0.29, 0.717) is 0 Å². The molecule has 0 saturated carbocycles. The predicted octanol–water partition coefficient (Wildman–Crippen LogP) is 17.6. The highest BCUT2D eigenvalue weighted by Gasteiger charge is 2.21. The number of para-hydroxylation sites is 3. The van der Waals surface area contributed by atoms with Gasteiger partial charge in [-0.15, -0.1) is 22.7 Å². The molecule has 0 radical (unpaired) electrons. The molecular weight excluding hydrogens is 803 g/mol. The average Bonchev–Trinajstić information content (AvgIpc) is 4.01. The maximum atomic E-state index is 2.45. The van der Waals surface area contributed by atoms with Crippen LogP contribution in [-0.4, -0.2) is 4.57 Å². The minimum Gasteiger partial charge on any atom is -0.310 e. The van der Waals surface area contributed by atoms with Gasteiger partial charge in [0.2, 0.25) is 0 Å². The lowest BCUT2D eigenvalue weighted by atomic mass is 10.0. The van der Waals surface area contributed by atoms with Crippen molar-refractivity contribution in [2.45, 2.75) is 0 Å². The van der Waals surface area contributed by atoms with Crippen LogP contribution in [0.5, 0.6) is 0 Å². The minimum absolute atomic E-state index is 1.10. The first-order valence-corrected chi connectivity index (χ1v) is 23.0. The Balaban J connectivity index is 1.00. The van der Waals surface area contributed by atoms with E-state index in [2.05, 4.69) is 239 Å². The van der Waals surface area contributed by atoms with Crippen LogP contribution < -0.4 is 9.80 Å². The number of anilines is 6. The number of hydrogen-bond acceptors (Lipinski definition) is 4. The van der Waals surface area contributed by atoms with Crippen LogP contribution in [0.25, 0.3) is 78.6 Å². The van der Waals surface area contributed by atoms with E-state index in [1.807, 2.05) is 22.7 Å². The molecule has 0 atom stereocenters. The van der Waals surface area contributed by atoms with Gasteiger partial charge in [-0.2, -0.15) is 0 Å². The summed E-state index contributed by atoms with van der Waals surface area (Å²) in [5.74, 6) is 0. The zero-order valence-electron chi connectivity index (χ0n) is 34.0. The van der Waals surface area contributed by atoms with Crippen LogP contribution in [0.2, 0.25) is 0 Å². The van der Waals surface area contributed by atoms with Crippen molar-refractivity contribution < 1.29 is 0 Å². The fourth-order valence-corrected chi connectivity index (χ4v) is 11.8. The number of fused-ring (bicyclic) bond motifs is 10. The fourth-order valence-electron chi connectivity index (χ4n) is 9.62. The zero-order chi connectivity index (χ0) is 41.4. The Morgan fingerprint density at radius 1 is 0.270 bits per heavy atom. The van der Waals surface area contributed by atoms with Gasteiger partial charge in [-0.1, -0.05) is 103 Å². The standard InChI is InChI=1S/C58H37N3S2/c1-4-14-40(15-5-1)59(44-27-30-57-51(35-44)48-20-10-12-22-55(48)62-57)43-25-24-38-33-50-47-29-26-46(37-54(47)61(42-18-8-3-9-19-42)53(50)34-39(38)32-43)60(41-16-6-2-7-17-41)45-28-31-58-52(36-45)49-21-11-13-23-56(49)63-58/h1-37H. The second-order valence-corrected chi connectivity index (χ2v) is 18.3. The zero-order valence-corrected chi connectivity index (χ0v) is 35.7. The Kier molecular flexibility index (Phi) is 8.26. The molecule has 5 heteroatoms. The lowest BCUT2D eigenvalue weighted by Gasteiger charge is -2.26. The van der Waals surface area contributed by atoms with Crippen LogP contribution in [0.3, 0.4) is 0 Å². The SMILES string of the molecule is c1ccc(N(c2ccc3cc4c5ccc(N(c6ccccc6)c6ccc7sc8ccccc8c7c6)cc5n(-c5ccccc5)c4cc3c2)c2ccc3sc4ccccc4c3c2)cc1. The summed E-state index contributed by atoms with van der Waals surface area (Å²) in [6, 6.07) is 82.3. The van der Waals surface area contributed by atoms with Crippen molar-refractivity contribution in [3.8, 4) is 5.69 Å². The number of aromatic nitrogens is 1. The van der Waals surface area contributed by atoms with Gasteiger partial charge in [0.1, 0.15) is 0 Å². The molecule has 0 spiro atoms.